The highest BCUT2D eigenvalue weighted by molar-refractivity contribution is 7.91. The molecule has 0 aliphatic carbocycles. The largest absolute Gasteiger partial charge is 0.416 e. The number of alkyl halides is 3. The molecule has 2 rings (SSSR count). The van der Waals surface area contributed by atoms with Crippen LogP contribution in [0.4, 0.5) is 13.2 Å². The quantitative estimate of drug-likeness (QED) is 0.708. The summed E-state index contributed by atoms with van der Waals surface area (Å²) >= 11 is 5.74. The van der Waals surface area contributed by atoms with Gasteiger partial charge in [-0.15, -0.1) is 0 Å². The highest BCUT2D eigenvalue weighted by Gasteiger charge is 2.30. The van der Waals surface area contributed by atoms with E-state index >= 15 is 0 Å². The molecule has 2 aromatic carbocycles. The van der Waals surface area contributed by atoms with E-state index in [2.05, 4.69) is 0 Å². The number of nitrogens with one attached hydrogen (secondary N) is 2. The summed E-state index contributed by atoms with van der Waals surface area (Å²) < 4.78 is 62.2. The molecule has 0 atom stereocenters. The minimum atomic E-state index is -4.61. The standard InChI is InChI=1S/C17H14ClF3N2O4S/c18-14-6-2-4-12(8-14)16(25)23-22-15(24)10-28(26,27)9-11-3-1-5-13(7-11)17(19,20)21/h1-8H,9-10H2,(H,22,24)(H,23,25). The van der Waals surface area contributed by atoms with Crippen molar-refractivity contribution in [2.45, 2.75) is 11.9 Å². The molecule has 2 aromatic rings. The molecule has 0 fully saturated rings. The predicted octanol–water partition coefficient (Wildman–Crippen LogP) is 2.73. The Morgan fingerprint density at radius 1 is 1.00 bits per heavy atom. The second kappa shape index (κ2) is 8.61. The number of hydrogen-bond donors (Lipinski definition) is 2. The summed E-state index contributed by atoms with van der Waals surface area (Å²) in [6.45, 7) is 0. The summed E-state index contributed by atoms with van der Waals surface area (Å²) in [5.74, 6) is -3.53. The van der Waals surface area contributed by atoms with Crippen LogP contribution >= 0.6 is 11.6 Å². The summed E-state index contributed by atoms with van der Waals surface area (Å²) in [7, 11) is -4.07. The van der Waals surface area contributed by atoms with Gasteiger partial charge in [0.15, 0.2) is 9.84 Å². The second-order valence-electron chi connectivity index (χ2n) is 5.74. The molecular formula is C17H14ClF3N2O4S. The Morgan fingerprint density at radius 3 is 2.32 bits per heavy atom. The Bertz CT molecular complexity index is 994. The fraction of sp³-hybridized carbons (Fsp3) is 0.176. The fourth-order valence-electron chi connectivity index (χ4n) is 2.21. The minimum Gasteiger partial charge on any atom is -0.272 e. The Kier molecular flexibility index (Phi) is 6.68. The maximum absolute atomic E-state index is 12.7. The van der Waals surface area contributed by atoms with Gasteiger partial charge in [-0.1, -0.05) is 35.9 Å². The number of rotatable bonds is 5. The van der Waals surface area contributed by atoms with Crippen molar-refractivity contribution in [2.24, 2.45) is 0 Å². The number of amides is 2. The van der Waals surface area contributed by atoms with Crippen molar-refractivity contribution in [1.82, 2.24) is 10.9 Å². The van der Waals surface area contributed by atoms with Gasteiger partial charge in [-0.25, -0.2) is 8.42 Å². The molecule has 2 amide bonds. The first-order chi connectivity index (χ1) is 13.0. The van der Waals surface area contributed by atoms with E-state index in [4.69, 9.17) is 11.6 Å². The van der Waals surface area contributed by atoms with Crippen molar-refractivity contribution in [3.63, 3.8) is 0 Å². The van der Waals surface area contributed by atoms with Gasteiger partial charge in [-0.2, -0.15) is 13.2 Å². The van der Waals surface area contributed by atoms with Crippen molar-refractivity contribution in [1.29, 1.82) is 0 Å². The van der Waals surface area contributed by atoms with E-state index in [1.54, 1.807) is 0 Å². The van der Waals surface area contributed by atoms with Gasteiger partial charge in [-0.3, -0.25) is 20.4 Å². The number of sulfone groups is 1. The van der Waals surface area contributed by atoms with E-state index in [0.29, 0.717) is 11.1 Å². The van der Waals surface area contributed by atoms with E-state index < -0.39 is 44.9 Å². The molecule has 0 heterocycles. The van der Waals surface area contributed by atoms with Crippen LogP contribution in [-0.4, -0.2) is 26.0 Å². The average Bonchev–Trinajstić information content (AvgIpc) is 2.58. The fourth-order valence-corrected chi connectivity index (χ4v) is 3.66. The summed E-state index contributed by atoms with van der Waals surface area (Å²) in [4.78, 5) is 23.6. The first-order valence-corrected chi connectivity index (χ1v) is 9.87. The van der Waals surface area contributed by atoms with Crippen LogP contribution in [0.1, 0.15) is 21.5 Å². The molecule has 0 aromatic heterocycles. The van der Waals surface area contributed by atoms with E-state index in [9.17, 15) is 31.2 Å². The number of halogens is 4. The number of benzene rings is 2. The Hall–Kier alpha value is -2.59. The molecule has 0 saturated carbocycles. The van der Waals surface area contributed by atoms with Crippen molar-refractivity contribution in [3.8, 4) is 0 Å². The molecule has 2 N–H and O–H groups in total. The molecule has 0 saturated heterocycles. The molecular weight excluding hydrogens is 421 g/mol. The maximum Gasteiger partial charge on any atom is 0.416 e. The number of hydrazine groups is 1. The van der Waals surface area contributed by atoms with Gasteiger partial charge in [0.05, 0.1) is 11.3 Å². The van der Waals surface area contributed by atoms with Gasteiger partial charge in [0.25, 0.3) is 11.8 Å². The maximum atomic E-state index is 12.7. The zero-order chi connectivity index (χ0) is 20.9. The van der Waals surface area contributed by atoms with Crippen LogP contribution in [0, 0.1) is 0 Å². The van der Waals surface area contributed by atoms with Crippen LogP contribution < -0.4 is 10.9 Å². The van der Waals surface area contributed by atoms with Crippen molar-refractivity contribution < 1.29 is 31.2 Å². The van der Waals surface area contributed by atoms with Gasteiger partial charge in [0, 0.05) is 10.6 Å². The molecule has 150 valence electrons. The van der Waals surface area contributed by atoms with Crippen LogP contribution in [0.2, 0.25) is 5.02 Å². The predicted molar refractivity (Wildman–Crippen MR) is 96.0 cm³/mol. The minimum absolute atomic E-state index is 0.106. The lowest BCUT2D eigenvalue weighted by Crippen LogP contribution is -2.44. The van der Waals surface area contributed by atoms with E-state index in [0.717, 1.165) is 12.1 Å². The monoisotopic (exact) mass is 434 g/mol. The smallest absolute Gasteiger partial charge is 0.272 e. The molecule has 28 heavy (non-hydrogen) atoms. The zero-order valence-corrected chi connectivity index (χ0v) is 15.7. The van der Waals surface area contributed by atoms with Crippen LogP contribution in [0.25, 0.3) is 0 Å². The molecule has 11 heteroatoms. The van der Waals surface area contributed by atoms with Crippen molar-refractivity contribution in [3.05, 3.63) is 70.2 Å². The number of carbonyl (C=O) groups is 2. The van der Waals surface area contributed by atoms with E-state index in [-0.39, 0.29) is 11.1 Å². The van der Waals surface area contributed by atoms with Crippen molar-refractivity contribution in [2.75, 3.05) is 5.75 Å². The Labute approximate surface area is 163 Å². The lowest BCUT2D eigenvalue weighted by atomic mass is 10.1. The molecule has 0 bridgehead atoms. The lowest BCUT2D eigenvalue weighted by molar-refractivity contribution is -0.137. The average molecular weight is 435 g/mol. The lowest BCUT2D eigenvalue weighted by Gasteiger charge is -2.10. The van der Waals surface area contributed by atoms with Gasteiger partial charge < -0.3 is 0 Å². The second-order valence-corrected chi connectivity index (χ2v) is 8.24. The third-order valence-electron chi connectivity index (χ3n) is 3.39. The highest BCUT2D eigenvalue weighted by atomic mass is 35.5. The topological polar surface area (TPSA) is 92.3 Å². The van der Waals surface area contributed by atoms with Crippen LogP contribution in [-0.2, 0) is 26.6 Å². The highest BCUT2D eigenvalue weighted by Crippen LogP contribution is 2.29. The summed E-state index contributed by atoms with van der Waals surface area (Å²) in [5.41, 5.74) is 3.01. The molecule has 0 spiro atoms. The number of carbonyl (C=O) groups excluding carboxylic acids is 2. The van der Waals surface area contributed by atoms with E-state index in [1.165, 1.54) is 30.3 Å². The third kappa shape index (κ3) is 6.54. The summed E-state index contributed by atoms with van der Waals surface area (Å²) in [6.07, 6.45) is -4.61. The van der Waals surface area contributed by atoms with Gasteiger partial charge in [-0.05, 0) is 29.8 Å². The van der Waals surface area contributed by atoms with Crippen molar-refractivity contribution >= 4 is 33.3 Å². The molecule has 0 radical (unpaired) electrons. The van der Waals surface area contributed by atoms with Gasteiger partial charge in [0.1, 0.15) is 5.75 Å². The van der Waals surface area contributed by atoms with Gasteiger partial charge >= 0.3 is 6.18 Å². The van der Waals surface area contributed by atoms with E-state index in [1.807, 2.05) is 10.9 Å². The zero-order valence-electron chi connectivity index (χ0n) is 14.1. The van der Waals surface area contributed by atoms with Gasteiger partial charge in [0.2, 0.25) is 0 Å². The van der Waals surface area contributed by atoms with Crippen LogP contribution in [0.15, 0.2) is 48.5 Å². The Morgan fingerprint density at radius 2 is 1.68 bits per heavy atom. The first-order valence-electron chi connectivity index (χ1n) is 7.67. The first kappa shape index (κ1) is 21.7. The van der Waals surface area contributed by atoms with Crippen LogP contribution in [0.5, 0.6) is 0 Å². The molecule has 0 unspecified atom stereocenters. The summed E-state index contributed by atoms with van der Waals surface area (Å²) in [5, 5.41) is 0.294. The molecule has 0 aliphatic heterocycles. The Balaban J connectivity index is 1.95. The third-order valence-corrected chi connectivity index (χ3v) is 5.10. The normalized spacial score (nSPS) is 11.7. The van der Waals surface area contributed by atoms with Crippen LogP contribution in [0.3, 0.4) is 0 Å². The SMILES string of the molecule is O=C(CS(=O)(=O)Cc1cccc(C(F)(F)F)c1)NNC(=O)c1cccc(Cl)c1. The molecule has 6 nitrogen and oxygen atoms in total. The molecule has 0 aliphatic rings. The number of hydrogen-bond acceptors (Lipinski definition) is 4. The summed E-state index contributed by atoms with van der Waals surface area (Å²) in [6, 6.07) is 9.64.